The summed E-state index contributed by atoms with van der Waals surface area (Å²) < 4.78 is 0.864. The summed E-state index contributed by atoms with van der Waals surface area (Å²) in [5.41, 5.74) is 6.22. The van der Waals surface area contributed by atoms with Crippen LogP contribution in [0.3, 0.4) is 0 Å². The Morgan fingerprint density at radius 1 is 1.39 bits per heavy atom. The summed E-state index contributed by atoms with van der Waals surface area (Å²) in [5.74, 6) is 0.561. The van der Waals surface area contributed by atoms with Gasteiger partial charge in [0, 0.05) is 18.0 Å². The van der Waals surface area contributed by atoms with Crippen molar-refractivity contribution in [2.24, 2.45) is 17.1 Å². The van der Waals surface area contributed by atoms with Gasteiger partial charge in [0.2, 0.25) is 0 Å². The van der Waals surface area contributed by atoms with Crippen LogP contribution in [0.15, 0.2) is 12.1 Å². The molecule has 104 valence electrons. The smallest absolute Gasteiger partial charge is 0.0931 e. The molecule has 0 amide bonds. The van der Waals surface area contributed by atoms with Crippen molar-refractivity contribution in [3.05, 3.63) is 21.3 Å². The first kappa shape index (κ1) is 16.0. The van der Waals surface area contributed by atoms with E-state index >= 15 is 0 Å². The summed E-state index contributed by atoms with van der Waals surface area (Å²) >= 11 is 7.60. The Kier molecular flexibility index (Phi) is 6.12. The topological polar surface area (TPSA) is 29.3 Å². The fraction of sp³-hybridized carbons (Fsp3) is 0.714. The zero-order valence-electron chi connectivity index (χ0n) is 11.9. The van der Waals surface area contributed by atoms with Crippen molar-refractivity contribution in [1.29, 1.82) is 0 Å². The number of hydrogen-bond acceptors (Lipinski definition) is 3. The molecule has 0 saturated carbocycles. The lowest BCUT2D eigenvalue weighted by molar-refractivity contribution is 0.217. The Labute approximate surface area is 120 Å². The van der Waals surface area contributed by atoms with Crippen LogP contribution >= 0.6 is 22.9 Å². The Morgan fingerprint density at radius 2 is 2.06 bits per heavy atom. The molecule has 1 heterocycles. The predicted molar refractivity (Wildman–Crippen MR) is 82.3 cm³/mol. The number of rotatable bonds is 6. The van der Waals surface area contributed by atoms with Gasteiger partial charge in [0.1, 0.15) is 0 Å². The van der Waals surface area contributed by atoms with E-state index in [2.05, 4.69) is 38.8 Å². The molecular formula is C14H25ClN2S. The minimum atomic E-state index is 0.344. The molecule has 0 aliphatic heterocycles. The molecule has 18 heavy (non-hydrogen) atoms. The lowest BCUT2D eigenvalue weighted by atomic mass is 9.84. The Bertz CT molecular complexity index is 357. The molecule has 0 aliphatic carbocycles. The van der Waals surface area contributed by atoms with Crippen LogP contribution in [-0.2, 0) is 6.54 Å². The first-order valence-corrected chi connectivity index (χ1v) is 7.62. The lowest BCUT2D eigenvalue weighted by Gasteiger charge is -2.28. The molecule has 0 fully saturated rings. The highest BCUT2D eigenvalue weighted by Gasteiger charge is 2.19. The maximum Gasteiger partial charge on any atom is 0.0931 e. The van der Waals surface area contributed by atoms with Crippen LogP contribution in [0, 0.1) is 11.3 Å². The van der Waals surface area contributed by atoms with Gasteiger partial charge >= 0.3 is 0 Å². The average molecular weight is 289 g/mol. The highest BCUT2D eigenvalue weighted by Crippen LogP contribution is 2.26. The minimum Gasteiger partial charge on any atom is -0.330 e. The second-order valence-electron chi connectivity index (χ2n) is 6.27. The van der Waals surface area contributed by atoms with Crippen LogP contribution in [0.25, 0.3) is 0 Å². The fourth-order valence-electron chi connectivity index (χ4n) is 2.30. The summed E-state index contributed by atoms with van der Waals surface area (Å²) in [5, 5.41) is 0. The van der Waals surface area contributed by atoms with Crippen LogP contribution in [0.2, 0.25) is 4.34 Å². The number of hydrogen-bond donors (Lipinski definition) is 1. The highest BCUT2D eigenvalue weighted by atomic mass is 35.5. The molecule has 0 radical (unpaired) electrons. The zero-order valence-corrected chi connectivity index (χ0v) is 13.4. The third kappa shape index (κ3) is 6.19. The van der Waals surface area contributed by atoms with E-state index in [1.165, 1.54) is 11.3 Å². The second-order valence-corrected chi connectivity index (χ2v) is 8.07. The van der Waals surface area contributed by atoms with E-state index in [4.69, 9.17) is 17.3 Å². The van der Waals surface area contributed by atoms with Crippen LogP contribution in [0.1, 0.15) is 32.1 Å². The molecule has 0 spiro atoms. The molecule has 0 bridgehead atoms. The SMILES string of the molecule is CN(Cc1ccc(Cl)s1)CC(CN)CC(C)(C)C. The molecule has 1 aromatic rings. The standard InChI is InChI=1S/C14H25ClN2S/c1-14(2,3)7-11(8-16)9-17(4)10-12-5-6-13(15)18-12/h5-6,11H,7-10,16H2,1-4H3. The summed E-state index contributed by atoms with van der Waals surface area (Å²) in [4.78, 5) is 3.65. The number of thiophene rings is 1. The number of halogens is 1. The molecule has 0 aromatic carbocycles. The maximum atomic E-state index is 5.94. The molecule has 4 heteroatoms. The molecule has 1 atom stereocenters. The predicted octanol–water partition coefficient (Wildman–Crippen LogP) is 3.84. The molecular weight excluding hydrogens is 264 g/mol. The second kappa shape index (κ2) is 6.90. The van der Waals surface area contributed by atoms with Crippen molar-refractivity contribution in [2.75, 3.05) is 20.1 Å². The Morgan fingerprint density at radius 3 is 2.50 bits per heavy atom. The summed E-state index contributed by atoms with van der Waals surface area (Å²) in [6, 6.07) is 4.07. The van der Waals surface area contributed by atoms with Crippen molar-refractivity contribution in [3.8, 4) is 0 Å². The van der Waals surface area contributed by atoms with Gasteiger partial charge in [-0.1, -0.05) is 32.4 Å². The van der Waals surface area contributed by atoms with Crippen LogP contribution in [0.4, 0.5) is 0 Å². The molecule has 1 unspecified atom stereocenters. The van der Waals surface area contributed by atoms with E-state index in [0.29, 0.717) is 11.3 Å². The van der Waals surface area contributed by atoms with Crippen molar-refractivity contribution in [1.82, 2.24) is 4.90 Å². The molecule has 1 aromatic heterocycles. The molecule has 0 aliphatic rings. The van der Waals surface area contributed by atoms with E-state index in [9.17, 15) is 0 Å². The average Bonchev–Trinajstić information content (AvgIpc) is 2.60. The molecule has 0 saturated heterocycles. The fourth-order valence-corrected chi connectivity index (χ4v) is 3.46. The van der Waals surface area contributed by atoms with Crippen LogP contribution in [0.5, 0.6) is 0 Å². The van der Waals surface area contributed by atoms with Gasteiger partial charge in [-0.2, -0.15) is 0 Å². The van der Waals surface area contributed by atoms with E-state index in [0.717, 1.165) is 24.0 Å². The summed E-state index contributed by atoms with van der Waals surface area (Å²) in [7, 11) is 2.15. The van der Waals surface area contributed by atoms with Crippen LogP contribution in [-0.4, -0.2) is 25.0 Å². The van der Waals surface area contributed by atoms with Crippen molar-refractivity contribution >= 4 is 22.9 Å². The van der Waals surface area contributed by atoms with E-state index in [1.807, 2.05) is 6.07 Å². The third-order valence-electron chi connectivity index (χ3n) is 2.86. The van der Waals surface area contributed by atoms with Gasteiger partial charge in [-0.25, -0.2) is 0 Å². The van der Waals surface area contributed by atoms with E-state index in [1.54, 1.807) is 11.3 Å². The van der Waals surface area contributed by atoms with Gasteiger partial charge in [0.25, 0.3) is 0 Å². The Balaban J connectivity index is 2.44. The number of nitrogens with zero attached hydrogens (tertiary/aromatic N) is 1. The lowest BCUT2D eigenvalue weighted by Crippen LogP contribution is -2.32. The maximum absolute atomic E-state index is 5.94. The zero-order chi connectivity index (χ0) is 13.8. The van der Waals surface area contributed by atoms with Gasteiger partial charge in [-0.05, 0) is 43.5 Å². The van der Waals surface area contributed by atoms with E-state index in [-0.39, 0.29) is 0 Å². The minimum absolute atomic E-state index is 0.344. The molecule has 2 nitrogen and oxygen atoms in total. The van der Waals surface area contributed by atoms with Gasteiger partial charge in [-0.3, -0.25) is 0 Å². The number of nitrogens with two attached hydrogens (primary N) is 1. The third-order valence-corrected chi connectivity index (χ3v) is 4.07. The van der Waals surface area contributed by atoms with Crippen molar-refractivity contribution < 1.29 is 0 Å². The van der Waals surface area contributed by atoms with Gasteiger partial charge in [0.15, 0.2) is 0 Å². The molecule has 2 N–H and O–H groups in total. The normalized spacial score (nSPS) is 14.2. The van der Waals surface area contributed by atoms with Gasteiger partial charge in [0.05, 0.1) is 4.34 Å². The first-order valence-electron chi connectivity index (χ1n) is 6.43. The van der Waals surface area contributed by atoms with Gasteiger partial charge in [-0.15, -0.1) is 11.3 Å². The first-order chi connectivity index (χ1) is 8.30. The van der Waals surface area contributed by atoms with Gasteiger partial charge < -0.3 is 10.6 Å². The summed E-state index contributed by atoms with van der Waals surface area (Å²) in [6.45, 7) is 9.58. The molecule has 1 rings (SSSR count). The highest BCUT2D eigenvalue weighted by molar-refractivity contribution is 7.16. The van der Waals surface area contributed by atoms with Crippen LogP contribution < -0.4 is 5.73 Å². The Hall–Kier alpha value is -0.0900. The quantitative estimate of drug-likeness (QED) is 0.862. The monoisotopic (exact) mass is 288 g/mol. The van der Waals surface area contributed by atoms with Crippen molar-refractivity contribution in [3.63, 3.8) is 0 Å². The van der Waals surface area contributed by atoms with Crippen molar-refractivity contribution in [2.45, 2.75) is 33.7 Å². The van der Waals surface area contributed by atoms with E-state index < -0.39 is 0 Å². The largest absolute Gasteiger partial charge is 0.330 e. The summed E-state index contributed by atoms with van der Waals surface area (Å²) in [6.07, 6.45) is 1.17.